The van der Waals surface area contributed by atoms with Gasteiger partial charge in [-0.2, -0.15) is 0 Å². The molecule has 1 atom stereocenters. The molecule has 5 nitrogen and oxygen atoms in total. The number of aliphatic hydroxyl groups is 1. The largest absolute Gasteiger partial charge is 0.365 e. The lowest BCUT2D eigenvalue weighted by molar-refractivity contribution is -0.133. The van der Waals surface area contributed by atoms with Crippen molar-refractivity contribution in [2.24, 2.45) is 0 Å². The van der Waals surface area contributed by atoms with Gasteiger partial charge in [0.1, 0.15) is 0 Å². The second kappa shape index (κ2) is 4.32. The van der Waals surface area contributed by atoms with Crippen molar-refractivity contribution in [1.29, 1.82) is 0 Å². The van der Waals surface area contributed by atoms with Crippen molar-refractivity contribution in [3.8, 4) is 0 Å². The van der Waals surface area contributed by atoms with Crippen LogP contribution in [0.25, 0.3) is 0 Å². The summed E-state index contributed by atoms with van der Waals surface area (Å²) in [6.07, 6.45) is -0.796. The number of nitrogens with one attached hydrogen (secondary N) is 1. The first-order valence-electron chi connectivity index (χ1n) is 5.02. The van der Waals surface area contributed by atoms with Crippen molar-refractivity contribution >= 4 is 11.9 Å². The number of urea groups is 1. The van der Waals surface area contributed by atoms with Crippen LogP contribution < -0.4 is 5.32 Å². The molecule has 1 aliphatic rings. The molecular weight excluding hydrogens is 208 g/mol. The van der Waals surface area contributed by atoms with Gasteiger partial charge < -0.3 is 10.4 Å². The molecule has 0 spiro atoms. The van der Waals surface area contributed by atoms with E-state index >= 15 is 0 Å². The maximum Gasteiger partial charge on any atom is 0.326 e. The predicted octanol–water partition coefficient (Wildman–Crippen LogP) is 0.0993. The molecule has 1 aromatic rings. The van der Waals surface area contributed by atoms with Crippen LogP contribution in [0.5, 0.6) is 0 Å². The van der Waals surface area contributed by atoms with Crippen LogP contribution >= 0.6 is 0 Å². The molecule has 0 saturated carbocycles. The van der Waals surface area contributed by atoms with Crippen molar-refractivity contribution in [1.82, 2.24) is 10.2 Å². The van der Waals surface area contributed by atoms with Crippen LogP contribution in [0.4, 0.5) is 4.79 Å². The van der Waals surface area contributed by atoms with Crippen molar-refractivity contribution in [3.05, 3.63) is 35.9 Å². The van der Waals surface area contributed by atoms with Gasteiger partial charge in [-0.1, -0.05) is 30.3 Å². The van der Waals surface area contributed by atoms with E-state index in [2.05, 4.69) is 5.32 Å². The number of carbonyl (C=O) groups excluding carboxylic acids is 2. The monoisotopic (exact) mass is 220 g/mol. The molecule has 2 rings (SSSR count). The van der Waals surface area contributed by atoms with Crippen LogP contribution in [0.15, 0.2) is 30.3 Å². The fourth-order valence-electron chi connectivity index (χ4n) is 1.60. The Balaban J connectivity index is 1.96. The number of carbonyl (C=O) groups is 2. The molecule has 84 valence electrons. The number of benzene rings is 1. The average Bonchev–Trinajstić information content (AvgIpc) is 2.53. The first-order valence-corrected chi connectivity index (χ1v) is 5.02. The highest BCUT2D eigenvalue weighted by molar-refractivity contribution is 6.03. The van der Waals surface area contributed by atoms with Gasteiger partial charge in [0.2, 0.25) is 6.23 Å². The van der Waals surface area contributed by atoms with Crippen LogP contribution in [-0.2, 0) is 11.2 Å². The molecule has 0 aliphatic carbocycles. The molecule has 16 heavy (non-hydrogen) atoms. The zero-order chi connectivity index (χ0) is 11.5. The Morgan fingerprint density at radius 1 is 1.25 bits per heavy atom. The quantitative estimate of drug-likeness (QED) is 0.710. The van der Waals surface area contributed by atoms with E-state index in [0.29, 0.717) is 6.42 Å². The van der Waals surface area contributed by atoms with Crippen LogP contribution in [0.1, 0.15) is 5.56 Å². The summed E-state index contributed by atoms with van der Waals surface area (Å²) >= 11 is 0. The van der Waals surface area contributed by atoms with E-state index in [-0.39, 0.29) is 6.54 Å². The summed E-state index contributed by atoms with van der Waals surface area (Å²) in [5.41, 5.74) is 1.05. The highest BCUT2D eigenvalue weighted by Crippen LogP contribution is 2.07. The van der Waals surface area contributed by atoms with Crippen LogP contribution in [0.3, 0.4) is 0 Å². The highest BCUT2D eigenvalue weighted by atomic mass is 16.3. The zero-order valence-electron chi connectivity index (χ0n) is 8.59. The number of nitrogens with zero attached hydrogens (tertiary/aromatic N) is 1. The van der Waals surface area contributed by atoms with E-state index in [1.807, 2.05) is 30.3 Å². The molecule has 1 saturated heterocycles. The Hall–Kier alpha value is -1.88. The van der Waals surface area contributed by atoms with Gasteiger partial charge in [0.25, 0.3) is 5.91 Å². The van der Waals surface area contributed by atoms with Crippen molar-refractivity contribution in [2.45, 2.75) is 12.6 Å². The normalized spacial score (nSPS) is 20.1. The van der Waals surface area contributed by atoms with Crippen LogP contribution in [0, 0.1) is 0 Å². The first kappa shape index (κ1) is 10.6. The summed E-state index contributed by atoms with van der Waals surface area (Å²) in [7, 11) is 0. The van der Waals surface area contributed by atoms with Gasteiger partial charge in [0, 0.05) is 6.54 Å². The van der Waals surface area contributed by atoms with Crippen LogP contribution in [-0.4, -0.2) is 34.7 Å². The number of hydrogen-bond acceptors (Lipinski definition) is 3. The molecule has 1 aromatic carbocycles. The highest BCUT2D eigenvalue weighted by Gasteiger charge is 2.36. The van der Waals surface area contributed by atoms with Crippen molar-refractivity contribution < 1.29 is 14.7 Å². The number of imide groups is 1. The van der Waals surface area contributed by atoms with Gasteiger partial charge in [-0.3, -0.25) is 9.69 Å². The maximum absolute atomic E-state index is 11.3. The minimum Gasteiger partial charge on any atom is -0.365 e. The number of rotatable bonds is 3. The molecule has 2 N–H and O–H groups in total. The van der Waals surface area contributed by atoms with Gasteiger partial charge in [-0.25, -0.2) is 4.79 Å². The standard InChI is InChI=1S/C11H12N2O3/c14-9-10(15)13(11(16)12-9)7-6-8-4-2-1-3-5-8/h1-5,9,14H,6-7H2,(H,12,16). The molecule has 0 bridgehead atoms. The van der Waals surface area contributed by atoms with E-state index in [9.17, 15) is 9.59 Å². The van der Waals surface area contributed by atoms with E-state index in [0.717, 1.165) is 10.5 Å². The third kappa shape index (κ3) is 2.04. The number of hydrogen-bond donors (Lipinski definition) is 2. The Morgan fingerprint density at radius 3 is 2.50 bits per heavy atom. The minimum absolute atomic E-state index is 0.283. The predicted molar refractivity (Wildman–Crippen MR) is 56.4 cm³/mol. The Bertz CT molecular complexity index is 405. The average molecular weight is 220 g/mol. The fraction of sp³-hybridized carbons (Fsp3) is 0.273. The smallest absolute Gasteiger partial charge is 0.326 e. The lowest BCUT2D eigenvalue weighted by Crippen LogP contribution is -2.33. The Kier molecular flexibility index (Phi) is 2.87. The van der Waals surface area contributed by atoms with Gasteiger partial charge in [-0.05, 0) is 12.0 Å². The maximum atomic E-state index is 11.3. The molecule has 1 aliphatic heterocycles. The number of aliphatic hydroxyl groups excluding tert-OH is 1. The summed E-state index contributed by atoms with van der Waals surface area (Å²) < 4.78 is 0. The molecular formula is C11H12N2O3. The molecule has 0 radical (unpaired) electrons. The molecule has 3 amide bonds. The topological polar surface area (TPSA) is 69.6 Å². The lowest BCUT2D eigenvalue weighted by atomic mass is 10.1. The molecule has 1 fully saturated rings. The second-order valence-corrected chi connectivity index (χ2v) is 3.58. The molecule has 0 aromatic heterocycles. The Morgan fingerprint density at radius 2 is 1.94 bits per heavy atom. The SMILES string of the molecule is O=C1NC(O)C(=O)N1CCc1ccccc1. The summed E-state index contributed by atoms with van der Waals surface area (Å²) in [6.45, 7) is 0.283. The van der Waals surface area contributed by atoms with Crippen molar-refractivity contribution in [3.63, 3.8) is 0 Å². The third-order valence-electron chi connectivity index (χ3n) is 2.47. The van der Waals surface area contributed by atoms with Crippen LogP contribution in [0.2, 0.25) is 0 Å². The number of amides is 3. The fourth-order valence-corrected chi connectivity index (χ4v) is 1.60. The van der Waals surface area contributed by atoms with Gasteiger partial charge in [-0.15, -0.1) is 0 Å². The van der Waals surface area contributed by atoms with Crippen molar-refractivity contribution in [2.75, 3.05) is 6.54 Å². The van der Waals surface area contributed by atoms with Gasteiger partial charge in [0.15, 0.2) is 0 Å². The van der Waals surface area contributed by atoms with E-state index < -0.39 is 18.2 Å². The Labute approximate surface area is 92.7 Å². The van der Waals surface area contributed by atoms with E-state index in [1.165, 1.54) is 0 Å². The molecule has 1 heterocycles. The van der Waals surface area contributed by atoms with Gasteiger partial charge >= 0.3 is 6.03 Å². The summed E-state index contributed by atoms with van der Waals surface area (Å²) in [5.74, 6) is -0.582. The second-order valence-electron chi connectivity index (χ2n) is 3.58. The first-order chi connectivity index (χ1) is 7.68. The summed E-state index contributed by atoms with van der Waals surface area (Å²) in [5, 5.41) is 11.3. The van der Waals surface area contributed by atoms with Gasteiger partial charge in [0.05, 0.1) is 0 Å². The molecule has 1 unspecified atom stereocenters. The summed E-state index contributed by atoms with van der Waals surface area (Å²) in [4.78, 5) is 23.6. The minimum atomic E-state index is -1.39. The summed E-state index contributed by atoms with van der Waals surface area (Å²) in [6, 6.07) is 9.02. The third-order valence-corrected chi connectivity index (χ3v) is 2.47. The zero-order valence-corrected chi connectivity index (χ0v) is 8.59. The van der Waals surface area contributed by atoms with E-state index in [4.69, 9.17) is 5.11 Å². The molecule has 5 heteroatoms. The lowest BCUT2D eigenvalue weighted by Gasteiger charge is -2.11. The van der Waals surface area contributed by atoms with E-state index in [1.54, 1.807) is 0 Å².